The first-order chi connectivity index (χ1) is 17.7. The van der Waals surface area contributed by atoms with Gasteiger partial charge in [-0.2, -0.15) is 0 Å². The number of benzene rings is 3. The molecule has 0 saturated carbocycles. The molecule has 1 amide bonds. The molecule has 2 heterocycles. The summed E-state index contributed by atoms with van der Waals surface area (Å²) in [6.07, 6.45) is 1.74. The van der Waals surface area contributed by atoms with E-state index in [4.69, 9.17) is 4.74 Å². The summed E-state index contributed by atoms with van der Waals surface area (Å²) in [5.74, 6) is 0.583. The normalized spacial score (nSPS) is 13.2. The maximum Gasteiger partial charge on any atom is 0.253 e. The van der Waals surface area contributed by atoms with Gasteiger partial charge in [0.25, 0.3) is 5.91 Å². The van der Waals surface area contributed by atoms with E-state index in [1.54, 1.807) is 6.20 Å². The molecular formula is C29H29N5O2. The predicted octanol–water partition coefficient (Wildman–Crippen LogP) is 5.34. The molecule has 0 bridgehead atoms. The van der Waals surface area contributed by atoms with E-state index in [9.17, 15) is 4.79 Å². The van der Waals surface area contributed by atoms with Crippen molar-refractivity contribution in [1.29, 1.82) is 0 Å². The first kappa shape index (κ1) is 23.4. The van der Waals surface area contributed by atoms with E-state index >= 15 is 0 Å². The van der Waals surface area contributed by atoms with E-state index in [1.807, 2.05) is 66.7 Å². The summed E-state index contributed by atoms with van der Waals surface area (Å²) < 4.78 is 5.44. The largest absolute Gasteiger partial charge is 0.378 e. The highest BCUT2D eigenvalue weighted by molar-refractivity contribution is 6.00. The second kappa shape index (κ2) is 11.4. The van der Waals surface area contributed by atoms with Gasteiger partial charge in [-0.25, -0.2) is 4.98 Å². The lowest BCUT2D eigenvalue weighted by Crippen LogP contribution is -2.36. The lowest BCUT2D eigenvalue weighted by Gasteiger charge is -2.28. The molecule has 1 saturated heterocycles. The molecule has 1 aromatic heterocycles. The number of nitrogens with one attached hydrogen (secondary N) is 3. The van der Waals surface area contributed by atoms with Crippen LogP contribution < -0.4 is 20.9 Å². The molecule has 5 rings (SSSR count). The van der Waals surface area contributed by atoms with Gasteiger partial charge in [0.15, 0.2) is 0 Å². The maximum absolute atomic E-state index is 12.9. The monoisotopic (exact) mass is 479 g/mol. The van der Waals surface area contributed by atoms with Crippen LogP contribution in [0.15, 0.2) is 97.2 Å². The molecule has 7 nitrogen and oxygen atoms in total. The molecule has 1 aliphatic rings. The highest BCUT2D eigenvalue weighted by Crippen LogP contribution is 2.25. The fourth-order valence-corrected chi connectivity index (χ4v) is 4.12. The molecule has 0 aliphatic carbocycles. The van der Waals surface area contributed by atoms with Crippen molar-refractivity contribution < 1.29 is 9.53 Å². The van der Waals surface area contributed by atoms with Crippen LogP contribution >= 0.6 is 0 Å². The second-order valence-electron chi connectivity index (χ2n) is 8.54. The van der Waals surface area contributed by atoms with Gasteiger partial charge in [0.1, 0.15) is 5.82 Å². The first-order valence-corrected chi connectivity index (χ1v) is 12.1. The van der Waals surface area contributed by atoms with Crippen LogP contribution in [0, 0.1) is 0 Å². The minimum absolute atomic E-state index is 0.130. The average molecular weight is 480 g/mol. The van der Waals surface area contributed by atoms with Crippen LogP contribution in [0.4, 0.5) is 28.6 Å². The van der Waals surface area contributed by atoms with Crippen molar-refractivity contribution in [1.82, 2.24) is 10.3 Å². The fourth-order valence-electron chi connectivity index (χ4n) is 4.12. The number of anilines is 5. The Morgan fingerprint density at radius 3 is 2.39 bits per heavy atom. The molecule has 1 aliphatic heterocycles. The predicted molar refractivity (Wildman–Crippen MR) is 144 cm³/mol. The van der Waals surface area contributed by atoms with Gasteiger partial charge in [-0.3, -0.25) is 4.79 Å². The first-order valence-electron chi connectivity index (χ1n) is 12.1. The summed E-state index contributed by atoms with van der Waals surface area (Å²) in [5.41, 5.74) is 5.35. The van der Waals surface area contributed by atoms with Crippen molar-refractivity contribution in [3.05, 3.63) is 108 Å². The van der Waals surface area contributed by atoms with Crippen molar-refractivity contribution in [3.63, 3.8) is 0 Å². The van der Waals surface area contributed by atoms with Crippen molar-refractivity contribution in [3.8, 4) is 0 Å². The maximum atomic E-state index is 12.9. The Kier molecular flexibility index (Phi) is 7.39. The molecule has 0 spiro atoms. The molecule has 1 fully saturated rings. The number of carbonyl (C=O) groups is 1. The zero-order valence-corrected chi connectivity index (χ0v) is 20.0. The minimum atomic E-state index is -0.130. The number of ether oxygens (including phenoxy) is 1. The number of hydrogen-bond acceptors (Lipinski definition) is 6. The number of para-hydroxylation sites is 1. The summed E-state index contributed by atoms with van der Waals surface area (Å²) >= 11 is 0. The number of hydrogen-bond donors (Lipinski definition) is 3. The Hall–Kier alpha value is -4.36. The highest BCUT2D eigenvalue weighted by Gasteiger charge is 2.12. The van der Waals surface area contributed by atoms with E-state index in [2.05, 4.69) is 50.1 Å². The molecule has 36 heavy (non-hydrogen) atoms. The molecule has 0 radical (unpaired) electrons. The number of rotatable bonds is 8. The van der Waals surface area contributed by atoms with E-state index in [0.29, 0.717) is 17.9 Å². The van der Waals surface area contributed by atoms with Gasteiger partial charge in [-0.15, -0.1) is 0 Å². The molecule has 3 aromatic carbocycles. The van der Waals surface area contributed by atoms with E-state index in [0.717, 1.165) is 48.9 Å². The van der Waals surface area contributed by atoms with Gasteiger partial charge < -0.3 is 25.6 Å². The zero-order chi connectivity index (χ0) is 24.6. The van der Waals surface area contributed by atoms with Crippen molar-refractivity contribution in [2.24, 2.45) is 0 Å². The number of carbonyl (C=O) groups excluding carboxylic acids is 1. The lowest BCUT2D eigenvalue weighted by molar-refractivity contribution is 0.0951. The van der Waals surface area contributed by atoms with Gasteiger partial charge in [0, 0.05) is 49.0 Å². The molecule has 3 N–H and O–H groups in total. The summed E-state index contributed by atoms with van der Waals surface area (Å²) in [6, 6.07) is 29.5. The van der Waals surface area contributed by atoms with Gasteiger partial charge in [0.2, 0.25) is 0 Å². The van der Waals surface area contributed by atoms with Crippen LogP contribution in [-0.2, 0) is 11.3 Å². The van der Waals surface area contributed by atoms with Gasteiger partial charge in [-0.1, -0.05) is 42.5 Å². The average Bonchev–Trinajstić information content (AvgIpc) is 2.94. The third-order valence-corrected chi connectivity index (χ3v) is 6.02. The van der Waals surface area contributed by atoms with Crippen LogP contribution in [0.5, 0.6) is 0 Å². The van der Waals surface area contributed by atoms with Crippen LogP contribution in [0.1, 0.15) is 15.9 Å². The van der Waals surface area contributed by atoms with Crippen molar-refractivity contribution in [2.75, 3.05) is 41.8 Å². The number of morpholine rings is 1. The summed E-state index contributed by atoms with van der Waals surface area (Å²) in [6.45, 7) is 3.83. The van der Waals surface area contributed by atoms with E-state index < -0.39 is 0 Å². The Bertz CT molecular complexity index is 1290. The summed E-state index contributed by atoms with van der Waals surface area (Å²) in [4.78, 5) is 19.7. The SMILES string of the molecule is O=C(NCc1ccccc1)c1ccccc1Nc1ccnc(Nc2ccc(N3CCOCC3)cc2)c1. The minimum Gasteiger partial charge on any atom is -0.378 e. The molecule has 0 unspecified atom stereocenters. The third-order valence-electron chi connectivity index (χ3n) is 6.02. The standard InChI is InChI=1S/C29H29N5O2/c35-29(31-21-22-6-2-1-3-7-22)26-8-4-5-9-27(26)32-24-14-15-30-28(20-24)33-23-10-12-25(13-11-23)34-16-18-36-19-17-34/h1-15,20H,16-19,21H2,(H,31,35)(H2,30,32,33). The number of amides is 1. The van der Waals surface area contributed by atoms with Crippen molar-refractivity contribution >= 4 is 34.5 Å². The topological polar surface area (TPSA) is 78.5 Å². The Morgan fingerprint density at radius 1 is 0.833 bits per heavy atom. The van der Waals surface area contributed by atoms with Gasteiger partial charge >= 0.3 is 0 Å². The van der Waals surface area contributed by atoms with Gasteiger partial charge in [-0.05, 0) is 48.0 Å². The Labute approximate surface area is 211 Å². The smallest absolute Gasteiger partial charge is 0.253 e. The Morgan fingerprint density at radius 2 is 1.58 bits per heavy atom. The molecule has 4 aromatic rings. The molecule has 182 valence electrons. The Balaban J connectivity index is 1.24. The highest BCUT2D eigenvalue weighted by atomic mass is 16.5. The van der Waals surface area contributed by atoms with E-state index in [1.165, 1.54) is 5.69 Å². The lowest BCUT2D eigenvalue weighted by atomic mass is 10.1. The third kappa shape index (κ3) is 6.00. The summed E-state index contributed by atoms with van der Waals surface area (Å²) in [7, 11) is 0. The van der Waals surface area contributed by atoms with Crippen LogP contribution in [0.3, 0.4) is 0 Å². The number of nitrogens with zero attached hydrogens (tertiary/aromatic N) is 2. The molecule has 0 atom stereocenters. The van der Waals surface area contributed by atoms with Crippen molar-refractivity contribution in [2.45, 2.75) is 6.54 Å². The van der Waals surface area contributed by atoms with E-state index in [-0.39, 0.29) is 5.91 Å². The zero-order valence-electron chi connectivity index (χ0n) is 20.0. The summed E-state index contributed by atoms with van der Waals surface area (Å²) in [5, 5.41) is 9.73. The number of aromatic nitrogens is 1. The quantitative estimate of drug-likeness (QED) is 0.317. The molecular weight excluding hydrogens is 450 g/mol. The number of pyridine rings is 1. The van der Waals surface area contributed by atoms with Crippen LogP contribution in [0.25, 0.3) is 0 Å². The van der Waals surface area contributed by atoms with Gasteiger partial charge in [0.05, 0.1) is 24.5 Å². The molecule has 7 heteroatoms. The van der Waals surface area contributed by atoms with Crippen LogP contribution in [-0.4, -0.2) is 37.2 Å². The second-order valence-corrected chi connectivity index (χ2v) is 8.54. The fraction of sp³-hybridized carbons (Fsp3) is 0.172. The van der Waals surface area contributed by atoms with Crippen LogP contribution in [0.2, 0.25) is 0 Å².